The molecule has 1 aromatic rings. The zero-order valence-corrected chi connectivity index (χ0v) is 16.8. The fourth-order valence-electron chi connectivity index (χ4n) is 3.38. The first-order chi connectivity index (χ1) is 13.3. The van der Waals surface area contributed by atoms with Crippen LogP contribution in [-0.4, -0.2) is 39.6 Å². The maximum atomic E-state index is 8.49. The third-order valence-corrected chi connectivity index (χ3v) is 4.67. The van der Waals surface area contributed by atoms with Crippen LogP contribution in [0.25, 0.3) is 5.57 Å². The normalized spacial score (nSPS) is 21.2. The number of hydrogen-bond donors (Lipinski definition) is 2. The number of nitrogens with one attached hydrogen (secondary N) is 2. The van der Waals surface area contributed by atoms with E-state index in [-0.39, 0.29) is 0 Å². The van der Waals surface area contributed by atoms with E-state index in [9.17, 15) is 0 Å². The van der Waals surface area contributed by atoms with E-state index in [1.807, 2.05) is 12.1 Å². The lowest BCUT2D eigenvalue weighted by molar-refractivity contribution is -2.00. The molecule has 28 heavy (non-hydrogen) atoms. The third-order valence-electron chi connectivity index (χ3n) is 4.67. The van der Waals surface area contributed by atoms with Gasteiger partial charge in [0.15, 0.2) is 23.8 Å². The van der Waals surface area contributed by atoms with E-state index < -0.39 is 10.2 Å². The van der Waals surface area contributed by atoms with Crippen molar-refractivity contribution in [3.63, 3.8) is 0 Å². The summed E-state index contributed by atoms with van der Waals surface area (Å²) < 4.78 is 50.3. The highest BCUT2D eigenvalue weighted by atomic mass is 35.7. The minimum atomic E-state index is -4.94. The molecular weight excluding hydrogens is 392 g/mol. The van der Waals surface area contributed by atoms with Gasteiger partial charge in [-0.2, -0.15) is 0 Å². The molecule has 1 fully saturated rings. The number of methoxy groups -OCH3 is 3. The molecule has 156 valence electrons. The first-order valence-electron chi connectivity index (χ1n) is 8.74. The summed E-state index contributed by atoms with van der Waals surface area (Å²) in [5.74, 6) is 1.94. The Bertz CT molecular complexity index is 687. The van der Waals surface area contributed by atoms with Crippen LogP contribution in [0, 0.1) is 10.2 Å². The molecule has 1 aliphatic carbocycles. The molecule has 9 nitrogen and oxygen atoms in total. The fourth-order valence-corrected chi connectivity index (χ4v) is 3.38. The van der Waals surface area contributed by atoms with Crippen LogP contribution in [0.5, 0.6) is 17.2 Å². The number of rotatable bonds is 4. The Morgan fingerprint density at radius 3 is 2.07 bits per heavy atom. The van der Waals surface area contributed by atoms with Crippen molar-refractivity contribution in [3.05, 3.63) is 23.9 Å². The Morgan fingerprint density at radius 1 is 0.964 bits per heavy atom. The molecule has 1 aromatic carbocycles. The smallest absolute Gasteiger partial charge is 0.203 e. The number of allylic oxidation sites excluding steroid dienone is 1. The molecule has 1 saturated carbocycles. The molecule has 1 heterocycles. The van der Waals surface area contributed by atoms with Crippen molar-refractivity contribution in [3.8, 4) is 17.2 Å². The van der Waals surface area contributed by atoms with Gasteiger partial charge in [0, 0.05) is 12.6 Å². The average molecular weight is 417 g/mol. The van der Waals surface area contributed by atoms with E-state index in [1.165, 1.54) is 25.7 Å². The van der Waals surface area contributed by atoms with E-state index in [0.29, 0.717) is 29.3 Å². The Morgan fingerprint density at radius 2 is 1.54 bits per heavy atom. The fraction of sp³-hybridized carbons (Fsp3) is 0.500. The molecule has 0 spiro atoms. The van der Waals surface area contributed by atoms with E-state index in [4.69, 9.17) is 32.8 Å². The standard InChI is InChI=1S/C18H24N2O3.ClHO4/c1-21-16-8-12(9-17(22-2)18(16)23-3)13-10-19-14-6-4-5-7-15(14)20-11-13;2-1(3,4)5/h8-11,14-15,19H,4-7H2,1-3H3;(H,2,3,4,5). The molecule has 1 aliphatic heterocycles. The lowest BCUT2D eigenvalue weighted by atomic mass is 9.91. The predicted octanol–water partition coefficient (Wildman–Crippen LogP) is -3.64. The van der Waals surface area contributed by atoms with E-state index in [1.54, 1.807) is 21.3 Å². The zero-order valence-electron chi connectivity index (χ0n) is 16.0. The van der Waals surface area contributed by atoms with Gasteiger partial charge in [-0.25, -0.2) is 23.6 Å². The maximum absolute atomic E-state index is 8.49. The van der Waals surface area contributed by atoms with E-state index in [0.717, 1.165) is 11.1 Å². The molecule has 2 aliphatic rings. The van der Waals surface area contributed by atoms with Gasteiger partial charge < -0.3 is 19.5 Å². The van der Waals surface area contributed by atoms with Crippen molar-refractivity contribution in [1.29, 1.82) is 0 Å². The molecule has 3 rings (SSSR count). The highest BCUT2D eigenvalue weighted by Crippen LogP contribution is 2.39. The molecule has 10 heteroatoms. The molecule has 0 amide bonds. The molecule has 2 unspecified atom stereocenters. The van der Waals surface area contributed by atoms with Gasteiger partial charge in [-0.1, -0.05) is 6.42 Å². The minimum absolute atomic E-state index is 0.500. The van der Waals surface area contributed by atoms with Crippen LogP contribution < -0.4 is 43.2 Å². The van der Waals surface area contributed by atoms with Gasteiger partial charge in [-0.15, -0.1) is 10.2 Å². The van der Waals surface area contributed by atoms with E-state index in [2.05, 4.69) is 22.7 Å². The summed E-state index contributed by atoms with van der Waals surface area (Å²) in [6, 6.07) is 4.95. The van der Waals surface area contributed by atoms with Gasteiger partial charge in [-0.3, -0.25) is 0 Å². The van der Waals surface area contributed by atoms with Crippen LogP contribution in [0.2, 0.25) is 0 Å². The summed E-state index contributed by atoms with van der Waals surface area (Å²) in [5.41, 5.74) is 2.11. The Hall–Kier alpha value is -2.04. The monoisotopic (exact) mass is 416 g/mol. The second kappa shape index (κ2) is 9.94. The number of ether oxygens (including phenoxy) is 3. The molecule has 0 radical (unpaired) electrons. The maximum Gasteiger partial charge on any atom is 0.203 e. The van der Waals surface area contributed by atoms with Gasteiger partial charge in [0.1, 0.15) is 0 Å². The lowest BCUT2D eigenvalue weighted by Gasteiger charge is -2.24. The Labute approximate surface area is 166 Å². The van der Waals surface area contributed by atoms with Crippen LogP contribution in [-0.2, 0) is 0 Å². The van der Waals surface area contributed by atoms with Crippen molar-refractivity contribution in [2.24, 2.45) is 0 Å². The van der Waals surface area contributed by atoms with Gasteiger partial charge in [-0.05, 0) is 30.5 Å². The van der Waals surface area contributed by atoms with Crippen molar-refractivity contribution >= 4 is 11.8 Å². The van der Waals surface area contributed by atoms with Crippen molar-refractivity contribution < 1.29 is 48.1 Å². The average Bonchev–Trinajstić information content (AvgIpc) is 2.88. The van der Waals surface area contributed by atoms with Gasteiger partial charge in [0.25, 0.3) is 0 Å². The lowest BCUT2D eigenvalue weighted by Crippen LogP contribution is -2.81. The first kappa shape index (κ1) is 22.3. The summed E-state index contributed by atoms with van der Waals surface area (Å²) in [6.45, 7) is 0. The summed E-state index contributed by atoms with van der Waals surface area (Å²) >= 11 is 0. The van der Waals surface area contributed by atoms with Crippen molar-refractivity contribution in [2.75, 3.05) is 21.3 Å². The molecule has 2 atom stereocenters. The molecule has 0 saturated heterocycles. The molecule has 0 aromatic heterocycles. The van der Waals surface area contributed by atoms with Crippen molar-refractivity contribution in [2.45, 2.75) is 37.8 Å². The largest absolute Gasteiger partial charge is 0.493 e. The zero-order chi connectivity index (χ0) is 20.7. The Kier molecular flexibility index (Phi) is 7.90. The second-order valence-electron chi connectivity index (χ2n) is 6.37. The summed E-state index contributed by atoms with van der Waals surface area (Å²) in [4.78, 5) is 3.57. The molecule has 2 N–H and O–H groups in total. The predicted molar refractivity (Wildman–Crippen MR) is 90.3 cm³/mol. The minimum Gasteiger partial charge on any atom is -0.493 e. The molecular formula is C18H25ClN2O7. The number of halogens is 1. The summed E-state index contributed by atoms with van der Waals surface area (Å²) in [5, 5.41) is 3.57. The highest BCUT2D eigenvalue weighted by Gasteiger charge is 2.29. The topological polar surface area (TPSA) is 146 Å². The van der Waals surface area contributed by atoms with Gasteiger partial charge in [0.2, 0.25) is 5.75 Å². The number of benzene rings is 1. The van der Waals surface area contributed by atoms with Crippen LogP contribution in [0.1, 0.15) is 31.2 Å². The first-order valence-corrected chi connectivity index (χ1v) is 9.98. The van der Waals surface area contributed by atoms with Gasteiger partial charge >= 0.3 is 0 Å². The number of fused-ring (bicyclic) bond motifs is 1. The highest BCUT2D eigenvalue weighted by molar-refractivity contribution is 6.07. The SMILES string of the molecule is COc1cc(C2=CNC3CCCCC3[NH+]=C2)cc(OC)c1OC.[O-][Cl+3]([O-])([O-])[O-]. The van der Waals surface area contributed by atoms with Crippen LogP contribution in [0.15, 0.2) is 18.3 Å². The van der Waals surface area contributed by atoms with Crippen molar-refractivity contribution in [1.82, 2.24) is 5.32 Å². The quantitative estimate of drug-likeness (QED) is 0.511. The van der Waals surface area contributed by atoms with Gasteiger partial charge in [0.05, 0.1) is 32.9 Å². The Balaban J connectivity index is 0.000000500. The summed E-state index contributed by atoms with van der Waals surface area (Å²) in [7, 11) is -0.0560. The van der Waals surface area contributed by atoms with Crippen LogP contribution in [0.3, 0.4) is 0 Å². The number of hydrogen-bond acceptors (Lipinski definition) is 8. The van der Waals surface area contributed by atoms with E-state index >= 15 is 0 Å². The third kappa shape index (κ3) is 6.25. The summed E-state index contributed by atoms with van der Waals surface area (Å²) in [6.07, 6.45) is 9.19. The second-order valence-corrected chi connectivity index (χ2v) is 7.12. The van der Waals surface area contributed by atoms with Crippen LogP contribution in [0.4, 0.5) is 0 Å². The molecule has 0 bridgehead atoms. The van der Waals surface area contributed by atoms with Crippen LogP contribution >= 0.6 is 0 Å².